The molecule has 0 amide bonds. The minimum Gasteiger partial charge on any atom is -0.402 e. The van der Waals surface area contributed by atoms with Crippen molar-refractivity contribution in [3.8, 4) is 0 Å². The molecule has 10 heavy (non-hydrogen) atoms. The van der Waals surface area contributed by atoms with Gasteiger partial charge in [0.15, 0.2) is 0 Å². The van der Waals surface area contributed by atoms with E-state index in [0.717, 1.165) is 0 Å². The van der Waals surface area contributed by atoms with Gasteiger partial charge in [0.05, 0.1) is 0 Å². The van der Waals surface area contributed by atoms with E-state index in [9.17, 15) is 0 Å². The lowest BCUT2D eigenvalue weighted by molar-refractivity contribution is 0.276. The van der Waals surface area contributed by atoms with Crippen LogP contribution in [0.1, 0.15) is 0 Å². The smallest absolute Gasteiger partial charge is 0.402 e. The normalized spacial score (nSPS) is 5.40. The fourth-order valence-corrected chi connectivity index (χ4v) is 0. The lowest BCUT2D eigenvalue weighted by Crippen LogP contribution is -2.07. The van der Waals surface area contributed by atoms with Crippen LogP contribution in [0.3, 0.4) is 0 Å². The maximum Gasteiger partial charge on any atom is 0.631 e. The van der Waals surface area contributed by atoms with Crippen molar-refractivity contribution in [3.05, 3.63) is 0 Å². The Morgan fingerprint density at radius 3 is 0.500 bits per heavy atom. The molecule has 8 nitrogen and oxygen atoms in total. The van der Waals surface area contributed by atoms with Crippen molar-refractivity contribution in [3.63, 3.8) is 0 Å². The molecule has 0 radical (unpaired) electrons. The first kappa shape index (κ1) is 22.6. The van der Waals surface area contributed by atoms with Crippen LogP contribution in [0.2, 0.25) is 0 Å². The van der Waals surface area contributed by atoms with Gasteiger partial charge in [-0.1, -0.05) is 0 Å². The number of hydrogen-bond acceptors (Lipinski definition) is 8. The molecule has 0 rings (SSSR count). The fraction of sp³-hybridized carbons (Fsp3) is 0. The first-order valence-electron chi connectivity index (χ1n) is 1.55. The molecular weight excluding hydrogens is 146 g/mol. The topological polar surface area (TPSA) is 191 Å². The third-order valence-electron chi connectivity index (χ3n) is 0. The lowest BCUT2D eigenvalue weighted by atomic mass is 10.3. The summed E-state index contributed by atoms with van der Waals surface area (Å²) in [4.78, 5) is 0. The molecule has 0 aromatic carbocycles. The van der Waals surface area contributed by atoms with Gasteiger partial charge >= 0.3 is 14.6 Å². The predicted octanol–water partition coefficient (Wildman–Crippen LogP) is -3.78. The number of rotatable bonds is 0. The van der Waals surface area contributed by atoms with Crippen molar-refractivity contribution >= 4 is 14.6 Å². The van der Waals surface area contributed by atoms with Crippen LogP contribution in [0.4, 0.5) is 0 Å². The second-order valence-corrected chi connectivity index (χ2v) is 0.693. The van der Waals surface area contributed by atoms with Crippen LogP contribution in [0.25, 0.3) is 0 Å². The summed E-state index contributed by atoms with van der Waals surface area (Å²) < 4.78 is 0. The van der Waals surface area contributed by atoms with Gasteiger partial charge in [0.1, 0.15) is 0 Å². The Morgan fingerprint density at radius 2 is 0.500 bits per heavy atom. The molecule has 0 atom stereocenters. The molecular formula is H12B2N2O6. The van der Waals surface area contributed by atoms with Gasteiger partial charge in [-0.2, -0.15) is 0 Å². The molecule has 0 aliphatic heterocycles. The molecule has 0 fully saturated rings. The van der Waals surface area contributed by atoms with Crippen molar-refractivity contribution in [1.82, 2.24) is 12.3 Å². The van der Waals surface area contributed by atoms with E-state index in [1.807, 2.05) is 0 Å². The van der Waals surface area contributed by atoms with Gasteiger partial charge in [0, 0.05) is 0 Å². The predicted molar refractivity (Wildman–Crippen MR) is 34.9 cm³/mol. The Labute approximate surface area is 58.3 Å². The van der Waals surface area contributed by atoms with Gasteiger partial charge in [0.25, 0.3) is 0 Å². The van der Waals surface area contributed by atoms with Crippen LogP contribution >= 0.6 is 0 Å². The fourth-order valence-electron chi connectivity index (χ4n) is 0. The second kappa shape index (κ2) is 15.9. The van der Waals surface area contributed by atoms with Crippen molar-refractivity contribution in [2.24, 2.45) is 0 Å². The van der Waals surface area contributed by atoms with E-state index in [-0.39, 0.29) is 12.3 Å². The average Bonchev–Trinajstić information content (AvgIpc) is 1.25. The summed E-state index contributed by atoms with van der Waals surface area (Å²) in [5, 5.41) is 43.0. The summed E-state index contributed by atoms with van der Waals surface area (Å²) in [6.45, 7) is 0. The van der Waals surface area contributed by atoms with Crippen molar-refractivity contribution < 1.29 is 30.1 Å². The van der Waals surface area contributed by atoms with Crippen LogP contribution in [0, 0.1) is 0 Å². The zero-order valence-corrected chi connectivity index (χ0v) is 5.25. The molecule has 0 saturated carbocycles. The zero-order chi connectivity index (χ0) is 7.15. The highest BCUT2D eigenvalue weighted by molar-refractivity contribution is 6.30. The summed E-state index contributed by atoms with van der Waals surface area (Å²) in [6, 6.07) is 0. The van der Waals surface area contributed by atoms with Crippen LogP contribution in [-0.2, 0) is 0 Å². The van der Waals surface area contributed by atoms with Gasteiger partial charge in [-0.15, -0.1) is 0 Å². The molecule has 10 heteroatoms. The maximum atomic E-state index is 7.17. The van der Waals surface area contributed by atoms with Crippen molar-refractivity contribution in [1.29, 1.82) is 0 Å². The quantitative estimate of drug-likeness (QED) is 0.164. The van der Waals surface area contributed by atoms with E-state index < -0.39 is 14.6 Å². The summed E-state index contributed by atoms with van der Waals surface area (Å²) in [7, 11) is -4.33. The molecule has 0 spiro atoms. The molecule has 0 aromatic heterocycles. The van der Waals surface area contributed by atoms with Crippen molar-refractivity contribution in [2.45, 2.75) is 0 Å². The third kappa shape index (κ3) is 10000. The lowest BCUT2D eigenvalue weighted by Gasteiger charge is -1.69. The minimum absolute atomic E-state index is 0. The molecule has 0 aliphatic rings. The summed E-state index contributed by atoms with van der Waals surface area (Å²) in [6.07, 6.45) is 0. The van der Waals surface area contributed by atoms with Crippen molar-refractivity contribution in [2.75, 3.05) is 0 Å². The van der Waals surface area contributed by atoms with Gasteiger partial charge in [-0.25, -0.2) is 0 Å². The highest BCUT2D eigenvalue weighted by Crippen LogP contribution is 1.40. The highest BCUT2D eigenvalue weighted by atomic mass is 16.5. The molecule has 0 aromatic rings. The number of hydrogen-bond donors (Lipinski definition) is 8. The molecule has 0 unspecified atom stereocenters. The molecule has 64 valence electrons. The van der Waals surface area contributed by atoms with Crippen LogP contribution in [0.15, 0.2) is 0 Å². The Morgan fingerprint density at radius 1 is 0.500 bits per heavy atom. The van der Waals surface area contributed by atoms with E-state index in [0.29, 0.717) is 0 Å². The minimum atomic E-state index is -2.17. The summed E-state index contributed by atoms with van der Waals surface area (Å²) >= 11 is 0. The first-order chi connectivity index (χ1) is 3.46. The van der Waals surface area contributed by atoms with E-state index >= 15 is 0 Å². The third-order valence-corrected chi connectivity index (χ3v) is 0. The van der Waals surface area contributed by atoms with Gasteiger partial charge < -0.3 is 42.4 Å². The van der Waals surface area contributed by atoms with Crippen LogP contribution < -0.4 is 12.3 Å². The molecule has 0 heterocycles. The second-order valence-electron chi connectivity index (χ2n) is 0.693. The summed E-state index contributed by atoms with van der Waals surface area (Å²) in [5.74, 6) is 0. The Bertz CT molecular complexity index is 29.2. The van der Waals surface area contributed by atoms with Gasteiger partial charge in [-0.3, -0.25) is 0 Å². The van der Waals surface area contributed by atoms with Crippen LogP contribution in [0.5, 0.6) is 0 Å². The molecule has 12 N–H and O–H groups in total. The first-order valence-corrected chi connectivity index (χ1v) is 1.55. The Hall–Kier alpha value is -0.190. The van der Waals surface area contributed by atoms with Gasteiger partial charge in [0.2, 0.25) is 0 Å². The maximum absolute atomic E-state index is 7.17. The molecule has 0 bridgehead atoms. The van der Waals surface area contributed by atoms with E-state index in [1.54, 1.807) is 0 Å². The van der Waals surface area contributed by atoms with E-state index in [1.165, 1.54) is 0 Å². The standard InChI is InChI=1S/2BH3O3.2H3N/c2*2-1(3)4;;/h2*2-4H;2*1H3. The van der Waals surface area contributed by atoms with Gasteiger partial charge in [-0.05, 0) is 0 Å². The highest BCUT2D eigenvalue weighted by Gasteiger charge is 1.93. The van der Waals surface area contributed by atoms with Crippen LogP contribution in [-0.4, -0.2) is 44.8 Å². The SMILES string of the molecule is N.N.OB(O)O.OB(O)O. The largest absolute Gasteiger partial charge is 0.631 e. The zero-order valence-electron chi connectivity index (χ0n) is 5.25. The average molecular weight is 158 g/mol. The molecule has 0 aliphatic carbocycles. The summed E-state index contributed by atoms with van der Waals surface area (Å²) in [5.41, 5.74) is 0. The Kier molecular flexibility index (Phi) is 35.9. The Balaban J connectivity index is -0.0000000300. The monoisotopic (exact) mass is 158 g/mol. The molecule has 0 saturated heterocycles. The van der Waals surface area contributed by atoms with E-state index in [4.69, 9.17) is 30.1 Å². The van der Waals surface area contributed by atoms with E-state index in [2.05, 4.69) is 0 Å².